The van der Waals surface area contributed by atoms with E-state index in [0.29, 0.717) is 13.1 Å². The van der Waals surface area contributed by atoms with Gasteiger partial charge in [0.25, 0.3) is 5.91 Å². The van der Waals surface area contributed by atoms with Crippen molar-refractivity contribution in [2.75, 3.05) is 19.7 Å². The molecule has 1 aromatic rings. The molecule has 1 N–H and O–H groups in total. The SMILES string of the molecule is CCCN(CCC)C(=O)COc1cc(F)ccc1C(=O)O. The molecule has 0 aromatic heterocycles. The van der Waals surface area contributed by atoms with Gasteiger partial charge in [0.1, 0.15) is 17.1 Å². The van der Waals surface area contributed by atoms with Crippen molar-refractivity contribution >= 4 is 11.9 Å². The van der Waals surface area contributed by atoms with Gasteiger partial charge in [-0.15, -0.1) is 0 Å². The van der Waals surface area contributed by atoms with Gasteiger partial charge in [-0.1, -0.05) is 13.8 Å². The first kappa shape index (κ1) is 16.9. The van der Waals surface area contributed by atoms with Crippen LogP contribution in [0.1, 0.15) is 37.0 Å². The van der Waals surface area contributed by atoms with Crippen LogP contribution in [0.3, 0.4) is 0 Å². The van der Waals surface area contributed by atoms with E-state index in [1.54, 1.807) is 4.90 Å². The number of carboxylic acids is 1. The Labute approximate surface area is 123 Å². The maximum Gasteiger partial charge on any atom is 0.339 e. The molecule has 0 aliphatic carbocycles. The number of nitrogens with zero attached hydrogens (tertiary/aromatic N) is 1. The van der Waals surface area contributed by atoms with Crippen molar-refractivity contribution in [2.24, 2.45) is 0 Å². The molecule has 1 aromatic carbocycles. The topological polar surface area (TPSA) is 66.8 Å². The highest BCUT2D eigenvalue weighted by atomic mass is 19.1. The maximum atomic E-state index is 13.2. The predicted octanol–water partition coefficient (Wildman–Crippen LogP) is 2.55. The van der Waals surface area contributed by atoms with Crippen LogP contribution in [0.15, 0.2) is 18.2 Å². The normalized spacial score (nSPS) is 10.2. The monoisotopic (exact) mass is 297 g/mol. The molecule has 0 bridgehead atoms. The highest BCUT2D eigenvalue weighted by Gasteiger charge is 2.16. The lowest BCUT2D eigenvalue weighted by Crippen LogP contribution is -2.36. The molecule has 0 saturated heterocycles. The molecule has 5 nitrogen and oxygen atoms in total. The zero-order valence-corrected chi connectivity index (χ0v) is 12.3. The van der Waals surface area contributed by atoms with Crippen LogP contribution < -0.4 is 4.74 Å². The summed E-state index contributed by atoms with van der Waals surface area (Å²) >= 11 is 0. The van der Waals surface area contributed by atoms with E-state index < -0.39 is 11.8 Å². The first-order chi connectivity index (χ1) is 9.99. The molecule has 0 saturated carbocycles. The van der Waals surface area contributed by atoms with Gasteiger partial charge in [-0.3, -0.25) is 4.79 Å². The van der Waals surface area contributed by atoms with E-state index in [-0.39, 0.29) is 23.8 Å². The van der Waals surface area contributed by atoms with E-state index in [1.165, 1.54) is 0 Å². The number of rotatable bonds is 8. The second-order valence-electron chi connectivity index (χ2n) is 4.62. The number of ether oxygens (including phenoxy) is 1. The summed E-state index contributed by atoms with van der Waals surface area (Å²) in [6.45, 7) is 4.86. The number of aromatic carboxylic acids is 1. The van der Waals surface area contributed by atoms with Gasteiger partial charge in [-0.2, -0.15) is 0 Å². The molecule has 21 heavy (non-hydrogen) atoms. The Kier molecular flexibility index (Phi) is 6.65. The summed E-state index contributed by atoms with van der Waals surface area (Å²) in [5.74, 6) is -2.21. The highest BCUT2D eigenvalue weighted by Crippen LogP contribution is 2.20. The quantitative estimate of drug-likeness (QED) is 0.800. The lowest BCUT2D eigenvalue weighted by atomic mass is 10.2. The summed E-state index contributed by atoms with van der Waals surface area (Å²) < 4.78 is 18.4. The predicted molar refractivity (Wildman–Crippen MR) is 76.0 cm³/mol. The number of carbonyl (C=O) groups excluding carboxylic acids is 1. The smallest absolute Gasteiger partial charge is 0.339 e. The fourth-order valence-electron chi connectivity index (χ4n) is 1.92. The van der Waals surface area contributed by atoms with Gasteiger partial charge in [-0.05, 0) is 25.0 Å². The van der Waals surface area contributed by atoms with Crippen LogP contribution in [-0.2, 0) is 4.79 Å². The minimum Gasteiger partial charge on any atom is -0.483 e. The van der Waals surface area contributed by atoms with Gasteiger partial charge in [0.15, 0.2) is 6.61 Å². The van der Waals surface area contributed by atoms with Crippen molar-refractivity contribution < 1.29 is 23.8 Å². The Hall–Kier alpha value is -2.11. The number of carbonyl (C=O) groups is 2. The van der Waals surface area contributed by atoms with Crippen molar-refractivity contribution in [3.05, 3.63) is 29.6 Å². The van der Waals surface area contributed by atoms with E-state index in [0.717, 1.165) is 31.0 Å². The molecule has 0 aliphatic heterocycles. The lowest BCUT2D eigenvalue weighted by molar-refractivity contribution is -0.133. The molecule has 116 valence electrons. The number of hydrogen-bond donors (Lipinski definition) is 1. The Bertz CT molecular complexity index is 498. The van der Waals surface area contributed by atoms with Gasteiger partial charge in [0.05, 0.1) is 0 Å². The molecule has 0 heterocycles. The van der Waals surface area contributed by atoms with Crippen molar-refractivity contribution in [3.8, 4) is 5.75 Å². The van der Waals surface area contributed by atoms with E-state index in [9.17, 15) is 14.0 Å². The molecule has 1 amide bonds. The first-order valence-electron chi connectivity index (χ1n) is 6.93. The Morgan fingerprint density at radius 3 is 2.38 bits per heavy atom. The van der Waals surface area contributed by atoms with Crippen molar-refractivity contribution in [1.82, 2.24) is 4.90 Å². The fraction of sp³-hybridized carbons (Fsp3) is 0.467. The zero-order valence-electron chi connectivity index (χ0n) is 12.3. The van der Waals surface area contributed by atoms with Crippen LogP contribution in [-0.4, -0.2) is 41.6 Å². The minimum atomic E-state index is -1.23. The summed E-state index contributed by atoms with van der Waals surface area (Å²) in [6, 6.07) is 3.13. The number of halogens is 1. The maximum absolute atomic E-state index is 13.2. The molecule has 0 fully saturated rings. The number of hydrogen-bond acceptors (Lipinski definition) is 3. The molecule has 0 unspecified atom stereocenters. The first-order valence-corrected chi connectivity index (χ1v) is 6.93. The van der Waals surface area contributed by atoms with E-state index in [1.807, 2.05) is 13.8 Å². The Balaban J connectivity index is 2.75. The van der Waals surface area contributed by atoms with Gasteiger partial charge >= 0.3 is 5.97 Å². The highest BCUT2D eigenvalue weighted by molar-refractivity contribution is 5.91. The number of carboxylic acid groups (broad SMARTS) is 1. The number of amides is 1. The molecule has 0 radical (unpaired) electrons. The Morgan fingerprint density at radius 2 is 1.86 bits per heavy atom. The average molecular weight is 297 g/mol. The third kappa shape index (κ3) is 5.06. The summed E-state index contributed by atoms with van der Waals surface area (Å²) in [6.07, 6.45) is 1.65. The van der Waals surface area contributed by atoms with Crippen LogP contribution >= 0.6 is 0 Å². The molecular formula is C15H20FNO4. The Morgan fingerprint density at radius 1 is 1.24 bits per heavy atom. The second-order valence-corrected chi connectivity index (χ2v) is 4.62. The molecule has 6 heteroatoms. The standard InChI is InChI=1S/C15H20FNO4/c1-3-7-17(8-4-2)14(18)10-21-13-9-11(16)5-6-12(13)15(19)20/h5-6,9H,3-4,7-8,10H2,1-2H3,(H,19,20). The van der Waals surface area contributed by atoms with E-state index in [2.05, 4.69) is 0 Å². The molecule has 0 spiro atoms. The molecule has 1 rings (SSSR count). The molecular weight excluding hydrogens is 277 g/mol. The van der Waals surface area contributed by atoms with Crippen LogP contribution in [0.4, 0.5) is 4.39 Å². The van der Waals surface area contributed by atoms with Gasteiger partial charge in [0, 0.05) is 19.2 Å². The van der Waals surface area contributed by atoms with Crippen LogP contribution in [0, 0.1) is 5.82 Å². The van der Waals surface area contributed by atoms with Gasteiger partial charge < -0.3 is 14.7 Å². The van der Waals surface area contributed by atoms with Crippen molar-refractivity contribution in [3.63, 3.8) is 0 Å². The van der Waals surface area contributed by atoms with Crippen molar-refractivity contribution in [2.45, 2.75) is 26.7 Å². The largest absolute Gasteiger partial charge is 0.483 e. The fourth-order valence-corrected chi connectivity index (χ4v) is 1.92. The van der Waals surface area contributed by atoms with Crippen LogP contribution in [0.5, 0.6) is 5.75 Å². The second kappa shape index (κ2) is 8.24. The summed E-state index contributed by atoms with van der Waals surface area (Å²) in [5, 5.41) is 9.00. The third-order valence-electron chi connectivity index (χ3n) is 2.86. The third-order valence-corrected chi connectivity index (χ3v) is 2.86. The van der Waals surface area contributed by atoms with Crippen LogP contribution in [0.2, 0.25) is 0 Å². The minimum absolute atomic E-state index is 0.135. The lowest BCUT2D eigenvalue weighted by Gasteiger charge is -2.21. The number of benzene rings is 1. The molecule has 0 atom stereocenters. The summed E-state index contributed by atoms with van der Waals surface area (Å²) in [5.41, 5.74) is -0.165. The van der Waals surface area contributed by atoms with E-state index >= 15 is 0 Å². The zero-order chi connectivity index (χ0) is 15.8. The van der Waals surface area contributed by atoms with Gasteiger partial charge in [0.2, 0.25) is 0 Å². The average Bonchev–Trinajstić information content (AvgIpc) is 2.44. The van der Waals surface area contributed by atoms with Crippen LogP contribution in [0.25, 0.3) is 0 Å². The van der Waals surface area contributed by atoms with E-state index in [4.69, 9.17) is 9.84 Å². The van der Waals surface area contributed by atoms with Gasteiger partial charge in [-0.25, -0.2) is 9.18 Å². The van der Waals surface area contributed by atoms with Crippen molar-refractivity contribution in [1.29, 1.82) is 0 Å². The summed E-state index contributed by atoms with van der Waals surface area (Å²) in [7, 11) is 0. The molecule has 0 aliphatic rings. The summed E-state index contributed by atoms with van der Waals surface area (Å²) in [4.78, 5) is 24.7.